The third-order valence-electron chi connectivity index (χ3n) is 9.02. The summed E-state index contributed by atoms with van der Waals surface area (Å²) in [5.41, 5.74) is 0.204. The molecule has 2 aliphatic heterocycles. The van der Waals surface area contributed by atoms with Crippen LogP contribution in [0.3, 0.4) is 0 Å². The SMILES string of the molecule is CCOC(=O)CNC(=O)NCCCC(C)(C)CN(C[C@@H](O)[C@H](Cc1ccccc1)NC(=O)O[C@H]1CO[C@H]2OCC[C@H]21)S(=O)(=O)c1ccc(OC)cc1. The van der Waals surface area contributed by atoms with Crippen molar-refractivity contribution in [1.82, 2.24) is 20.3 Å². The number of aliphatic hydroxyl groups excluding tert-OH is 1. The minimum absolute atomic E-state index is 0.0118. The van der Waals surface area contributed by atoms with Crippen LogP contribution in [0.5, 0.6) is 5.75 Å². The monoisotopic (exact) mass is 748 g/mol. The third kappa shape index (κ3) is 12.0. The van der Waals surface area contributed by atoms with Gasteiger partial charge in [-0.25, -0.2) is 18.0 Å². The summed E-state index contributed by atoms with van der Waals surface area (Å²) in [7, 11) is -2.68. The van der Waals surface area contributed by atoms with E-state index in [0.717, 1.165) is 5.56 Å². The van der Waals surface area contributed by atoms with Crippen molar-refractivity contribution in [3.8, 4) is 5.75 Å². The van der Waals surface area contributed by atoms with Crippen LogP contribution in [0, 0.1) is 11.3 Å². The number of ether oxygens (including phenoxy) is 5. The van der Waals surface area contributed by atoms with Gasteiger partial charge in [-0.1, -0.05) is 44.2 Å². The Morgan fingerprint density at radius 3 is 2.48 bits per heavy atom. The Hall–Kier alpha value is -3.96. The lowest BCUT2D eigenvalue weighted by molar-refractivity contribution is -0.141. The zero-order valence-corrected chi connectivity index (χ0v) is 31.1. The zero-order chi connectivity index (χ0) is 37.7. The smallest absolute Gasteiger partial charge is 0.407 e. The van der Waals surface area contributed by atoms with E-state index in [4.69, 9.17) is 23.7 Å². The lowest BCUT2D eigenvalue weighted by atomic mass is 9.87. The van der Waals surface area contributed by atoms with Crippen molar-refractivity contribution >= 4 is 28.1 Å². The van der Waals surface area contributed by atoms with Crippen molar-refractivity contribution in [2.75, 3.05) is 53.1 Å². The van der Waals surface area contributed by atoms with Gasteiger partial charge >= 0.3 is 18.1 Å². The molecule has 4 N–H and O–H groups in total. The van der Waals surface area contributed by atoms with Gasteiger partial charge in [-0.2, -0.15) is 4.31 Å². The van der Waals surface area contributed by atoms with Crippen molar-refractivity contribution in [2.45, 2.75) is 75.9 Å². The molecule has 2 aromatic carbocycles. The molecule has 0 radical (unpaired) electrons. The Labute approximate surface area is 305 Å². The molecule has 288 valence electrons. The van der Waals surface area contributed by atoms with Gasteiger partial charge in [-0.15, -0.1) is 0 Å². The maximum absolute atomic E-state index is 14.2. The molecule has 0 bridgehead atoms. The fourth-order valence-corrected chi connectivity index (χ4v) is 7.90. The van der Waals surface area contributed by atoms with E-state index in [2.05, 4.69) is 16.0 Å². The highest BCUT2D eigenvalue weighted by atomic mass is 32.2. The number of carbonyl (C=O) groups excluding carboxylic acids is 3. The summed E-state index contributed by atoms with van der Waals surface area (Å²) in [5, 5.41) is 19.7. The fourth-order valence-electron chi connectivity index (χ4n) is 6.25. The van der Waals surface area contributed by atoms with E-state index >= 15 is 0 Å². The normalized spacial score (nSPS) is 19.7. The standard InChI is InChI=1S/C36H52N4O11S/c1-5-48-32(42)21-38-34(43)37-18-9-17-36(2,3)24-40(52(45,46)27-14-12-26(47-4)13-15-27)22-30(41)29(20-25-10-7-6-8-11-25)39-35(44)51-31-23-50-33-28(31)16-19-49-33/h6-8,10-15,28-31,33,41H,5,9,16-24H2,1-4H3,(H,39,44)(H2,37,38,43)/t28-,29-,30+,31-,33+/m0/s1. The molecule has 5 atom stereocenters. The van der Waals surface area contributed by atoms with Crippen LogP contribution in [-0.4, -0.2) is 114 Å². The summed E-state index contributed by atoms with van der Waals surface area (Å²) >= 11 is 0. The average Bonchev–Trinajstić information content (AvgIpc) is 3.74. The minimum Gasteiger partial charge on any atom is -0.497 e. The van der Waals surface area contributed by atoms with E-state index < -0.39 is 58.1 Å². The number of sulfonamides is 1. The number of methoxy groups -OCH3 is 1. The molecule has 2 aliphatic rings. The first-order chi connectivity index (χ1) is 24.8. The van der Waals surface area contributed by atoms with Gasteiger partial charge in [0.15, 0.2) is 6.29 Å². The van der Waals surface area contributed by atoms with Crippen LogP contribution >= 0.6 is 0 Å². The Balaban J connectivity index is 1.48. The molecule has 0 saturated carbocycles. The van der Waals surface area contributed by atoms with E-state index in [9.17, 15) is 27.9 Å². The van der Waals surface area contributed by atoms with E-state index in [1.807, 2.05) is 44.2 Å². The number of nitrogens with zero attached hydrogens (tertiary/aromatic N) is 1. The summed E-state index contributed by atoms with van der Waals surface area (Å²) in [6.07, 6.45) is -1.10. The first kappa shape index (κ1) is 40.8. The van der Waals surface area contributed by atoms with Crippen molar-refractivity contribution < 1.29 is 51.6 Å². The molecule has 2 heterocycles. The second-order valence-electron chi connectivity index (χ2n) is 13.6. The highest BCUT2D eigenvalue weighted by Crippen LogP contribution is 2.33. The van der Waals surface area contributed by atoms with E-state index in [0.29, 0.717) is 31.6 Å². The van der Waals surface area contributed by atoms with E-state index in [1.54, 1.807) is 19.1 Å². The van der Waals surface area contributed by atoms with Crippen molar-refractivity contribution in [3.05, 3.63) is 60.2 Å². The van der Waals surface area contributed by atoms with Gasteiger partial charge in [0, 0.05) is 19.6 Å². The number of fused-ring (bicyclic) bond motifs is 1. The van der Waals surface area contributed by atoms with Crippen LogP contribution in [0.15, 0.2) is 59.5 Å². The number of hydrogen-bond acceptors (Lipinski definition) is 11. The maximum Gasteiger partial charge on any atom is 0.407 e. The number of hydrogen-bond donors (Lipinski definition) is 4. The summed E-state index contributed by atoms with van der Waals surface area (Å²) in [5.74, 6) is -0.138. The molecule has 16 heteroatoms. The van der Waals surface area contributed by atoms with E-state index in [-0.39, 0.29) is 56.6 Å². The molecule has 52 heavy (non-hydrogen) atoms. The van der Waals surface area contributed by atoms with Crippen LogP contribution in [0.1, 0.15) is 45.6 Å². The van der Waals surface area contributed by atoms with Crippen LogP contribution in [0.4, 0.5) is 9.59 Å². The molecular formula is C36H52N4O11S. The molecule has 3 amide bonds. The Kier molecular flexibility index (Phi) is 15.1. The molecule has 4 rings (SSSR count). The first-order valence-corrected chi connectivity index (χ1v) is 19.0. The maximum atomic E-state index is 14.2. The molecule has 2 saturated heterocycles. The molecule has 0 aliphatic carbocycles. The first-order valence-electron chi connectivity index (χ1n) is 17.5. The van der Waals surface area contributed by atoms with Crippen molar-refractivity contribution in [1.29, 1.82) is 0 Å². The summed E-state index contributed by atoms with van der Waals surface area (Å²) in [4.78, 5) is 36.9. The summed E-state index contributed by atoms with van der Waals surface area (Å²) in [6, 6.07) is 13.8. The number of aliphatic hydroxyl groups is 1. The molecule has 0 aromatic heterocycles. The van der Waals surface area contributed by atoms with E-state index in [1.165, 1.54) is 23.5 Å². The van der Waals surface area contributed by atoms with Gasteiger partial charge < -0.3 is 44.7 Å². The van der Waals surface area contributed by atoms with Crippen LogP contribution < -0.4 is 20.7 Å². The molecular weight excluding hydrogens is 696 g/mol. The number of alkyl carbamates (subject to hydrolysis) is 1. The summed E-state index contributed by atoms with van der Waals surface area (Å²) < 4.78 is 56.6. The Morgan fingerprint density at radius 1 is 1.06 bits per heavy atom. The van der Waals surface area contributed by atoms with Gasteiger partial charge in [0.25, 0.3) is 0 Å². The number of urea groups is 1. The Morgan fingerprint density at radius 2 is 1.79 bits per heavy atom. The van der Waals surface area contributed by atoms with Gasteiger partial charge in [0.05, 0.1) is 49.9 Å². The Bertz CT molecular complexity index is 1560. The van der Waals surface area contributed by atoms with Gasteiger partial charge in [-0.3, -0.25) is 4.79 Å². The largest absolute Gasteiger partial charge is 0.497 e. The van der Waals surface area contributed by atoms with Crippen LogP contribution in [0.2, 0.25) is 0 Å². The number of benzene rings is 2. The molecule has 2 aromatic rings. The number of amides is 3. The third-order valence-corrected chi connectivity index (χ3v) is 10.8. The van der Waals surface area contributed by atoms with Crippen LogP contribution in [-0.2, 0) is 40.2 Å². The molecule has 0 unspecified atom stereocenters. The highest BCUT2D eigenvalue weighted by Gasteiger charge is 2.44. The number of nitrogens with one attached hydrogen (secondary N) is 3. The fraction of sp³-hybridized carbons (Fsp3) is 0.583. The average molecular weight is 749 g/mol. The van der Waals surface area contributed by atoms with Gasteiger partial charge in [0.2, 0.25) is 10.0 Å². The second kappa shape index (κ2) is 19.2. The molecule has 0 spiro atoms. The predicted octanol–water partition coefficient (Wildman–Crippen LogP) is 2.81. The van der Waals surface area contributed by atoms with Crippen molar-refractivity contribution in [3.63, 3.8) is 0 Å². The van der Waals surface area contributed by atoms with Gasteiger partial charge in [0.1, 0.15) is 18.4 Å². The molecule has 2 fully saturated rings. The number of rotatable bonds is 19. The number of carbonyl (C=O) groups is 3. The van der Waals surface area contributed by atoms with Gasteiger partial charge in [-0.05, 0) is 67.9 Å². The van der Waals surface area contributed by atoms with Crippen LogP contribution in [0.25, 0.3) is 0 Å². The lowest BCUT2D eigenvalue weighted by Crippen LogP contribution is -2.52. The zero-order valence-electron chi connectivity index (χ0n) is 30.2. The molecule has 15 nitrogen and oxygen atoms in total. The number of esters is 1. The summed E-state index contributed by atoms with van der Waals surface area (Å²) in [6.45, 7) is 6.10. The topological polar surface area (TPSA) is 191 Å². The highest BCUT2D eigenvalue weighted by molar-refractivity contribution is 7.89. The second-order valence-corrected chi connectivity index (χ2v) is 15.6. The lowest BCUT2D eigenvalue weighted by Gasteiger charge is -2.35. The van der Waals surface area contributed by atoms with Crippen molar-refractivity contribution in [2.24, 2.45) is 11.3 Å². The quantitative estimate of drug-likeness (QED) is 0.122. The minimum atomic E-state index is -4.16. The predicted molar refractivity (Wildman–Crippen MR) is 190 cm³/mol.